The molecule has 0 atom stereocenters. The van der Waals surface area contributed by atoms with Gasteiger partial charge in [0.1, 0.15) is 16.6 Å². The van der Waals surface area contributed by atoms with Crippen LogP contribution < -0.4 is 11.3 Å². The molecule has 104 valence electrons. The molecule has 0 bridgehead atoms. The highest BCUT2D eigenvalue weighted by Crippen LogP contribution is 2.11. The van der Waals surface area contributed by atoms with Gasteiger partial charge in [0.05, 0.1) is 12.1 Å². The van der Waals surface area contributed by atoms with Gasteiger partial charge in [0.25, 0.3) is 5.56 Å². The molecular formula is C14H12F2N2OS. The van der Waals surface area contributed by atoms with Crippen molar-refractivity contribution >= 4 is 17.2 Å². The Kier molecular flexibility index (Phi) is 3.94. The number of benzene rings is 1. The molecule has 0 spiro atoms. The minimum absolute atomic E-state index is 0.00671. The molecular weight excluding hydrogens is 282 g/mol. The molecule has 1 aromatic heterocycles. The van der Waals surface area contributed by atoms with Crippen LogP contribution in [-0.4, -0.2) is 9.56 Å². The number of hydrogen-bond acceptors (Lipinski definition) is 2. The molecule has 1 heterocycles. The van der Waals surface area contributed by atoms with Crippen molar-refractivity contribution in [2.24, 2.45) is 5.73 Å². The predicted molar refractivity (Wildman–Crippen MR) is 76.8 cm³/mol. The fraction of sp³-hybridized carbons (Fsp3) is 0.143. The van der Waals surface area contributed by atoms with Gasteiger partial charge in [-0.25, -0.2) is 8.78 Å². The average molecular weight is 294 g/mol. The third-order valence-electron chi connectivity index (χ3n) is 3.00. The summed E-state index contributed by atoms with van der Waals surface area (Å²) in [5.74, 6) is -1.36. The van der Waals surface area contributed by atoms with Crippen LogP contribution in [0.3, 0.4) is 0 Å². The first-order valence-electron chi connectivity index (χ1n) is 5.84. The van der Waals surface area contributed by atoms with Crippen LogP contribution in [-0.2, 0) is 6.54 Å². The Hall–Kier alpha value is -2.08. The van der Waals surface area contributed by atoms with Crippen LogP contribution >= 0.6 is 12.2 Å². The average Bonchev–Trinajstić information content (AvgIpc) is 2.36. The summed E-state index contributed by atoms with van der Waals surface area (Å²) in [6.45, 7) is 1.71. The van der Waals surface area contributed by atoms with Gasteiger partial charge in [-0.15, -0.1) is 0 Å². The van der Waals surface area contributed by atoms with Crippen molar-refractivity contribution in [1.82, 2.24) is 4.57 Å². The quantitative estimate of drug-likeness (QED) is 0.882. The molecule has 1 aromatic carbocycles. The summed E-state index contributed by atoms with van der Waals surface area (Å²) in [4.78, 5) is 12.2. The number of rotatable bonds is 3. The van der Waals surface area contributed by atoms with Crippen LogP contribution in [0, 0.1) is 18.6 Å². The lowest BCUT2D eigenvalue weighted by Crippen LogP contribution is -2.30. The Morgan fingerprint density at radius 2 is 2.00 bits per heavy atom. The van der Waals surface area contributed by atoms with E-state index in [-0.39, 0.29) is 28.2 Å². The molecule has 0 unspecified atom stereocenters. The minimum atomic E-state index is -0.697. The highest BCUT2D eigenvalue weighted by Gasteiger charge is 2.11. The van der Waals surface area contributed by atoms with Gasteiger partial charge in [-0.05, 0) is 25.1 Å². The Labute approximate surface area is 119 Å². The lowest BCUT2D eigenvalue weighted by Gasteiger charge is -2.12. The van der Waals surface area contributed by atoms with E-state index in [2.05, 4.69) is 0 Å². The highest BCUT2D eigenvalue weighted by atomic mass is 32.1. The second-order valence-corrected chi connectivity index (χ2v) is 4.82. The zero-order valence-corrected chi connectivity index (χ0v) is 11.5. The molecule has 0 aliphatic heterocycles. The zero-order valence-electron chi connectivity index (χ0n) is 10.7. The van der Waals surface area contributed by atoms with E-state index in [1.54, 1.807) is 13.0 Å². The van der Waals surface area contributed by atoms with Gasteiger partial charge >= 0.3 is 0 Å². The van der Waals surface area contributed by atoms with Crippen LogP contribution in [0.5, 0.6) is 0 Å². The number of thiocarbonyl (C=S) groups is 1. The molecule has 0 saturated carbocycles. The second-order valence-electron chi connectivity index (χ2n) is 4.38. The molecule has 0 aliphatic carbocycles. The van der Waals surface area contributed by atoms with Gasteiger partial charge < -0.3 is 10.3 Å². The molecule has 2 N–H and O–H groups in total. The standard InChI is InChI=1S/C14H12F2N2OS/c1-8-2-5-11(13(17)20)14(19)18(8)7-9-3-4-10(15)6-12(9)16/h2-6H,7H2,1H3,(H2,17,20). The molecule has 0 radical (unpaired) electrons. The van der Waals surface area contributed by atoms with Crippen LogP contribution in [0.15, 0.2) is 35.1 Å². The molecule has 2 rings (SSSR count). The van der Waals surface area contributed by atoms with Crippen LogP contribution in [0.1, 0.15) is 16.8 Å². The molecule has 0 aliphatic rings. The van der Waals surface area contributed by atoms with Crippen LogP contribution in [0.2, 0.25) is 0 Å². The zero-order chi connectivity index (χ0) is 14.9. The van der Waals surface area contributed by atoms with E-state index in [0.29, 0.717) is 5.69 Å². The molecule has 6 heteroatoms. The second kappa shape index (κ2) is 5.50. The van der Waals surface area contributed by atoms with Gasteiger partial charge in [0, 0.05) is 17.3 Å². The maximum atomic E-state index is 13.7. The first-order valence-corrected chi connectivity index (χ1v) is 6.25. The third kappa shape index (κ3) is 2.75. The summed E-state index contributed by atoms with van der Waals surface area (Å²) in [5, 5.41) is 0. The summed E-state index contributed by atoms with van der Waals surface area (Å²) >= 11 is 4.80. The normalized spacial score (nSPS) is 10.6. The molecule has 3 nitrogen and oxygen atoms in total. The van der Waals surface area contributed by atoms with Gasteiger partial charge in [-0.2, -0.15) is 0 Å². The first kappa shape index (κ1) is 14.3. The Balaban J connectivity index is 2.51. The molecule has 0 saturated heterocycles. The van der Waals surface area contributed by atoms with E-state index in [1.165, 1.54) is 16.7 Å². The Morgan fingerprint density at radius 3 is 2.60 bits per heavy atom. The summed E-state index contributed by atoms with van der Waals surface area (Å²) in [6.07, 6.45) is 0. The van der Waals surface area contributed by atoms with Crippen molar-refractivity contribution in [2.75, 3.05) is 0 Å². The van der Waals surface area contributed by atoms with E-state index in [1.807, 2.05) is 0 Å². The molecule has 20 heavy (non-hydrogen) atoms. The Morgan fingerprint density at radius 1 is 1.30 bits per heavy atom. The smallest absolute Gasteiger partial charge is 0.261 e. The van der Waals surface area contributed by atoms with E-state index in [4.69, 9.17) is 18.0 Å². The van der Waals surface area contributed by atoms with Crippen LogP contribution in [0.4, 0.5) is 8.78 Å². The number of pyridine rings is 1. The highest BCUT2D eigenvalue weighted by molar-refractivity contribution is 7.80. The number of aryl methyl sites for hydroxylation is 1. The summed E-state index contributed by atoms with van der Waals surface area (Å²) in [7, 11) is 0. The van der Waals surface area contributed by atoms with Crippen molar-refractivity contribution in [3.8, 4) is 0 Å². The fourth-order valence-corrected chi connectivity index (χ4v) is 2.03. The molecule has 2 aromatic rings. The maximum Gasteiger partial charge on any atom is 0.261 e. The van der Waals surface area contributed by atoms with E-state index in [0.717, 1.165) is 12.1 Å². The summed E-state index contributed by atoms with van der Waals surface area (Å²) in [5.41, 5.74) is 6.14. The van der Waals surface area contributed by atoms with Crippen molar-refractivity contribution in [3.05, 3.63) is 69.1 Å². The number of nitrogens with zero attached hydrogens (tertiary/aromatic N) is 1. The van der Waals surface area contributed by atoms with E-state index < -0.39 is 11.6 Å². The maximum absolute atomic E-state index is 13.7. The largest absolute Gasteiger partial charge is 0.389 e. The van der Waals surface area contributed by atoms with Crippen molar-refractivity contribution in [1.29, 1.82) is 0 Å². The van der Waals surface area contributed by atoms with E-state index >= 15 is 0 Å². The lowest BCUT2D eigenvalue weighted by molar-refractivity contribution is 0.563. The van der Waals surface area contributed by atoms with Gasteiger partial charge in [-0.3, -0.25) is 4.79 Å². The number of hydrogen-bond donors (Lipinski definition) is 1. The van der Waals surface area contributed by atoms with Gasteiger partial charge in [0.2, 0.25) is 0 Å². The van der Waals surface area contributed by atoms with E-state index in [9.17, 15) is 13.6 Å². The van der Waals surface area contributed by atoms with Gasteiger partial charge in [-0.1, -0.05) is 18.3 Å². The SMILES string of the molecule is Cc1ccc(C(N)=S)c(=O)n1Cc1ccc(F)cc1F. The fourth-order valence-electron chi connectivity index (χ4n) is 1.88. The topological polar surface area (TPSA) is 48.0 Å². The van der Waals surface area contributed by atoms with Crippen molar-refractivity contribution in [3.63, 3.8) is 0 Å². The van der Waals surface area contributed by atoms with Crippen molar-refractivity contribution in [2.45, 2.75) is 13.5 Å². The first-order chi connectivity index (χ1) is 9.40. The molecule has 0 amide bonds. The molecule has 0 fully saturated rings. The van der Waals surface area contributed by atoms with Crippen molar-refractivity contribution < 1.29 is 8.78 Å². The summed E-state index contributed by atoms with van der Waals surface area (Å²) in [6, 6.07) is 6.46. The predicted octanol–water partition coefficient (Wildman–Crippen LogP) is 2.12. The third-order valence-corrected chi connectivity index (χ3v) is 3.22. The minimum Gasteiger partial charge on any atom is -0.389 e. The lowest BCUT2D eigenvalue weighted by atomic mass is 10.1. The van der Waals surface area contributed by atoms with Gasteiger partial charge in [0.15, 0.2) is 0 Å². The van der Waals surface area contributed by atoms with Crippen LogP contribution in [0.25, 0.3) is 0 Å². The monoisotopic (exact) mass is 294 g/mol. The number of aromatic nitrogens is 1. The Bertz CT molecular complexity index is 740. The number of nitrogens with two attached hydrogens (primary N) is 1. The number of halogens is 2. The summed E-state index contributed by atoms with van der Waals surface area (Å²) < 4.78 is 27.9.